The van der Waals surface area contributed by atoms with E-state index in [2.05, 4.69) is 10.1 Å². The molecule has 7 nitrogen and oxygen atoms in total. The summed E-state index contributed by atoms with van der Waals surface area (Å²) in [7, 11) is 0. The number of carbonyl (C=O) groups is 2. The molecule has 2 aromatic carbocycles. The Morgan fingerprint density at radius 3 is 2.33 bits per heavy atom. The number of halogens is 2. The summed E-state index contributed by atoms with van der Waals surface area (Å²) in [6.45, 7) is 5.34. The topological polar surface area (TPSA) is 71.3 Å². The van der Waals surface area contributed by atoms with Gasteiger partial charge in [0.1, 0.15) is 6.33 Å². The molecule has 0 bridgehead atoms. The third-order valence-electron chi connectivity index (χ3n) is 6.33. The number of hydrogen-bond acceptors (Lipinski definition) is 4. The highest BCUT2D eigenvalue weighted by Crippen LogP contribution is 2.31. The zero-order chi connectivity index (χ0) is 23.6. The summed E-state index contributed by atoms with van der Waals surface area (Å²) in [5.74, 6) is -0.204. The van der Waals surface area contributed by atoms with Crippen LogP contribution in [0.25, 0.3) is 5.69 Å². The molecule has 1 aliphatic heterocycles. The monoisotopic (exact) mass is 485 g/mol. The van der Waals surface area contributed by atoms with Crippen molar-refractivity contribution in [3.8, 4) is 5.69 Å². The minimum atomic E-state index is -0.509. The van der Waals surface area contributed by atoms with Gasteiger partial charge < -0.3 is 9.80 Å². The molecule has 1 aromatic heterocycles. The Morgan fingerprint density at radius 2 is 1.67 bits per heavy atom. The van der Waals surface area contributed by atoms with Crippen LogP contribution in [0.5, 0.6) is 0 Å². The number of nitrogens with zero attached hydrogens (tertiary/aromatic N) is 5. The second-order valence-electron chi connectivity index (χ2n) is 8.12. The summed E-state index contributed by atoms with van der Waals surface area (Å²) in [5, 5.41) is 5.50. The van der Waals surface area contributed by atoms with E-state index in [-0.39, 0.29) is 17.6 Å². The lowest BCUT2D eigenvalue weighted by Gasteiger charge is -2.50. The molecule has 9 heteroatoms. The van der Waals surface area contributed by atoms with Crippen LogP contribution in [-0.4, -0.2) is 61.6 Å². The van der Waals surface area contributed by atoms with Crippen molar-refractivity contribution in [2.75, 3.05) is 19.6 Å². The van der Waals surface area contributed by atoms with Gasteiger partial charge in [-0.25, -0.2) is 9.67 Å². The highest BCUT2D eigenvalue weighted by Gasteiger charge is 2.44. The lowest BCUT2D eigenvalue weighted by Crippen LogP contribution is -2.64. The van der Waals surface area contributed by atoms with Crippen molar-refractivity contribution in [3.63, 3.8) is 0 Å². The van der Waals surface area contributed by atoms with Crippen LogP contribution in [0, 0.1) is 0 Å². The molecule has 0 radical (unpaired) electrons. The van der Waals surface area contributed by atoms with E-state index in [0.717, 1.165) is 5.69 Å². The van der Waals surface area contributed by atoms with E-state index in [0.29, 0.717) is 48.1 Å². The van der Waals surface area contributed by atoms with E-state index < -0.39 is 5.54 Å². The fraction of sp³-hybridized carbons (Fsp3) is 0.333. The highest BCUT2D eigenvalue weighted by molar-refractivity contribution is 6.31. The molecule has 0 atom stereocenters. The average Bonchev–Trinajstić information content (AvgIpc) is 3.33. The molecule has 172 valence electrons. The zero-order valence-electron chi connectivity index (χ0n) is 18.5. The quantitative estimate of drug-likeness (QED) is 0.523. The number of piperazine rings is 1. The van der Waals surface area contributed by atoms with Crippen LogP contribution in [0.1, 0.15) is 47.7 Å². The molecule has 3 aromatic rings. The van der Waals surface area contributed by atoms with Gasteiger partial charge in [0.25, 0.3) is 11.8 Å². The Bertz CT molecular complexity index is 1170. The molecule has 33 heavy (non-hydrogen) atoms. The summed E-state index contributed by atoms with van der Waals surface area (Å²) >= 11 is 12.2. The van der Waals surface area contributed by atoms with Crippen molar-refractivity contribution in [2.45, 2.75) is 32.2 Å². The van der Waals surface area contributed by atoms with Crippen molar-refractivity contribution in [2.24, 2.45) is 0 Å². The minimum absolute atomic E-state index is 0.0840. The molecule has 2 amide bonds. The summed E-state index contributed by atoms with van der Waals surface area (Å²) < 4.78 is 1.54. The third kappa shape index (κ3) is 4.61. The van der Waals surface area contributed by atoms with Crippen molar-refractivity contribution >= 4 is 35.0 Å². The number of benzene rings is 2. The number of aromatic nitrogens is 3. The summed E-state index contributed by atoms with van der Waals surface area (Å²) in [4.78, 5) is 34.5. The molecular formula is C24H25Cl2N5O2. The van der Waals surface area contributed by atoms with Crippen LogP contribution in [0.15, 0.2) is 54.9 Å². The van der Waals surface area contributed by atoms with Crippen LogP contribution in [0.2, 0.25) is 10.0 Å². The number of carbonyl (C=O) groups excluding carboxylic acids is 2. The van der Waals surface area contributed by atoms with Gasteiger partial charge in [0, 0.05) is 35.2 Å². The molecule has 0 aliphatic carbocycles. The molecule has 2 heterocycles. The van der Waals surface area contributed by atoms with Gasteiger partial charge in [-0.05, 0) is 49.2 Å². The maximum absolute atomic E-state index is 13.5. The molecule has 0 spiro atoms. The minimum Gasteiger partial charge on any atom is -0.335 e. The Labute approximate surface area is 202 Å². The zero-order valence-corrected chi connectivity index (χ0v) is 20.1. The Balaban J connectivity index is 1.57. The number of hydrogen-bond donors (Lipinski definition) is 0. The van der Waals surface area contributed by atoms with Gasteiger partial charge in [-0.2, -0.15) is 0 Å². The first-order valence-electron chi connectivity index (χ1n) is 10.9. The first-order valence-corrected chi connectivity index (χ1v) is 11.7. The fourth-order valence-corrected chi connectivity index (χ4v) is 4.73. The molecule has 0 unspecified atom stereocenters. The first kappa shape index (κ1) is 23.3. The molecule has 1 aliphatic rings. The molecule has 4 rings (SSSR count). The molecular weight excluding hydrogens is 461 g/mol. The largest absolute Gasteiger partial charge is 0.335 e. The van der Waals surface area contributed by atoms with Crippen LogP contribution in [0.4, 0.5) is 0 Å². The van der Waals surface area contributed by atoms with Gasteiger partial charge in [0.05, 0.1) is 11.2 Å². The smallest absolute Gasteiger partial charge is 0.294 e. The van der Waals surface area contributed by atoms with E-state index in [1.54, 1.807) is 41.3 Å². The molecule has 0 N–H and O–H groups in total. The molecule has 1 saturated heterocycles. The van der Waals surface area contributed by atoms with Crippen LogP contribution < -0.4 is 0 Å². The van der Waals surface area contributed by atoms with Gasteiger partial charge >= 0.3 is 0 Å². The Kier molecular flexibility index (Phi) is 6.72. The first-order chi connectivity index (χ1) is 15.9. The lowest BCUT2D eigenvalue weighted by atomic mass is 9.87. The van der Waals surface area contributed by atoms with E-state index >= 15 is 0 Å². The third-order valence-corrected chi connectivity index (χ3v) is 6.80. The highest BCUT2D eigenvalue weighted by atomic mass is 35.5. The van der Waals surface area contributed by atoms with E-state index in [4.69, 9.17) is 23.2 Å². The van der Waals surface area contributed by atoms with Gasteiger partial charge in [-0.15, -0.1) is 5.10 Å². The number of amides is 2. The van der Waals surface area contributed by atoms with Crippen molar-refractivity contribution in [1.82, 2.24) is 24.6 Å². The van der Waals surface area contributed by atoms with Crippen LogP contribution in [-0.2, 0) is 0 Å². The van der Waals surface area contributed by atoms with Crippen molar-refractivity contribution in [3.05, 3.63) is 76.3 Å². The van der Waals surface area contributed by atoms with Gasteiger partial charge in [-0.1, -0.05) is 49.2 Å². The maximum Gasteiger partial charge on any atom is 0.294 e. The van der Waals surface area contributed by atoms with Crippen molar-refractivity contribution < 1.29 is 9.59 Å². The Hall–Kier alpha value is -2.90. The summed E-state index contributed by atoms with van der Waals surface area (Å²) in [6.07, 6.45) is 2.91. The standard InChI is InChI=1S/C24H25Cl2N5O2/c1-3-24(4-2)15-29(22(32)17-7-5-8-18(25)13-17)11-12-30(24)23(33)21-27-16-31(28-21)20-10-6-9-19(26)14-20/h5-10,13-14,16H,3-4,11-12,15H2,1-2H3. The van der Waals surface area contributed by atoms with Gasteiger partial charge in [0.2, 0.25) is 5.82 Å². The second kappa shape index (κ2) is 9.53. The predicted molar refractivity (Wildman–Crippen MR) is 128 cm³/mol. The average molecular weight is 486 g/mol. The fourth-order valence-electron chi connectivity index (χ4n) is 4.35. The Morgan fingerprint density at radius 1 is 0.970 bits per heavy atom. The summed E-state index contributed by atoms with van der Waals surface area (Å²) in [6, 6.07) is 14.1. The SMILES string of the molecule is CCC1(CC)CN(C(=O)c2cccc(Cl)c2)CCN1C(=O)c1ncn(-c2cccc(Cl)c2)n1. The van der Waals surface area contributed by atoms with E-state index in [9.17, 15) is 9.59 Å². The predicted octanol–water partition coefficient (Wildman–Crippen LogP) is 4.73. The van der Waals surface area contributed by atoms with Crippen molar-refractivity contribution in [1.29, 1.82) is 0 Å². The van der Waals surface area contributed by atoms with Crippen LogP contribution >= 0.6 is 23.2 Å². The lowest BCUT2D eigenvalue weighted by molar-refractivity contribution is 0.0000404. The summed E-state index contributed by atoms with van der Waals surface area (Å²) in [5.41, 5.74) is 0.763. The molecule has 0 saturated carbocycles. The number of rotatable bonds is 5. The van der Waals surface area contributed by atoms with Gasteiger partial charge in [-0.3, -0.25) is 9.59 Å². The molecule has 1 fully saturated rings. The second-order valence-corrected chi connectivity index (χ2v) is 8.99. The van der Waals surface area contributed by atoms with E-state index in [1.165, 1.54) is 11.0 Å². The van der Waals surface area contributed by atoms with E-state index in [1.807, 2.05) is 30.9 Å². The van der Waals surface area contributed by atoms with Gasteiger partial charge in [0.15, 0.2) is 0 Å². The maximum atomic E-state index is 13.5. The van der Waals surface area contributed by atoms with Crippen LogP contribution in [0.3, 0.4) is 0 Å². The normalized spacial score (nSPS) is 15.5.